The van der Waals surface area contributed by atoms with E-state index in [2.05, 4.69) is 46.5 Å². The van der Waals surface area contributed by atoms with Crippen molar-refractivity contribution in [3.63, 3.8) is 0 Å². The number of para-hydroxylation sites is 1. The lowest BCUT2D eigenvalue weighted by molar-refractivity contribution is 0.922. The second-order valence-electron chi connectivity index (χ2n) is 4.12. The summed E-state index contributed by atoms with van der Waals surface area (Å²) >= 11 is 1.76. The maximum absolute atomic E-state index is 4.67. The highest BCUT2D eigenvalue weighted by molar-refractivity contribution is 8.14. The fourth-order valence-corrected chi connectivity index (χ4v) is 2.82. The molecule has 3 rings (SSSR count). The van der Waals surface area contributed by atoms with Gasteiger partial charge in [0.25, 0.3) is 0 Å². The first-order chi connectivity index (χ1) is 8.92. The van der Waals surface area contributed by atoms with Crippen molar-refractivity contribution in [3.8, 4) is 0 Å². The summed E-state index contributed by atoms with van der Waals surface area (Å²) in [5.41, 5.74) is 1.17. The minimum atomic E-state index is 0.971. The van der Waals surface area contributed by atoms with Crippen LogP contribution in [-0.2, 0) is 0 Å². The summed E-state index contributed by atoms with van der Waals surface area (Å²) in [4.78, 5) is 1.26. The molecular weight excluding hydrogens is 240 g/mol. The predicted octanol–water partition coefficient (Wildman–Crippen LogP) is 4.00. The van der Waals surface area contributed by atoms with Gasteiger partial charge in [0, 0.05) is 17.9 Å². The van der Waals surface area contributed by atoms with Gasteiger partial charge in [-0.25, -0.2) is 0 Å². The molecule has 2 aromatic carbocycles. The Balaban J connectivity index is 1.73. The average molecular weight is 254 g/mol. The Hall–Kier alpha value is -1.74. The monoisotopic (exact) mass is 254 g/mol. The van der Waals surface area contributed by atoms with Crippen LogP contribution in [0.15, 0.2) is 70.7 Å². The van der Waals surface area contributed by atoms with Crippen LogP contribution in [0.5, 0.6) is 0 Å². The Morgan fingerprint density at radius 3 is 2.28 bits per heavy atom. The summed E-state index contributed by atoms with van der Waals surface area (Å²) in [5.74, 6) is 0. The van der Waals surface area contributed by atoms with Crippen LogP contribution < -0.4 is 5.01 Å². The summed E-state index contributed by atoms with van der Waals surface area (Å²) < 4.78 is 0. The summed E-state index contributed by atoms with van der Waals surface area (Å²) in [6, 6.07) is 20.7. The van der Waals surface area contributed by atoms with E-state index in [4.69, 9.17) is 0 Å². The van der Waals surface area contributed by atoms with Crippen molar-refractivity contribution in [2.24, 2.45) is 5.10 Å². The van der Waals surface area contributed by atoms with E-state index in [0.717, 1.165) is 13.0 Å². The van der Waals surface area contributed by atoms with Crippen LogP contribution in [0.1, 0.15) is 6.42 Å². The van der Waals surface area contributed by atoms with Crippen molar-refractivity contribution in [2.45, 2.75) is 11.3 Å². The van der Waals surface area contributed by atoms with Crippen LogP contribution in [0, 0.1) is 0 Å². The van der Waals surface area contributed by atoms with E-state index in [9.17, 15) is 0 Å². The van der Waals surface area contributed by atoms with E-state index in [1.54, 1.807) is 11.8 Å². The number of benzene rings is 2. The second kappa shape index (κ2) is 5.27. The Kier molecular flexibility index (Phi) is 3.33. The highest BCUT2D eigenvalue weighted by atomic mass is 32.2. The fourth-order valence-electron chi connectivity index (χ4n) is 1.92. The third kappa shape index (κ3) is 2.57. The molecule has 1 aliphatic rings. The normalized spacial score (nSPS) is 14.7. The van der Waals surface area contributed by atoms with Crippen molar-refractivity contribution in [1.82, 2.24) is 0 Å². The molecule has 0 aromatic heterocycles. The molecule has 0 aliphatic carbocycles. The number of anilines is 1. The molecule has 0 atom stereocenters. The van der Waals surface area contributed by atoms with Crippen LogP contribution >= 0.6 is 11.8 Å². The zero-order valence-corrected chi connectivity index (χ0v) is 10.8. The molecule has 3 heteroatoms. The Labute approximate surface area is 111 Å². The molecule has 1 aliphatic heterocycles. The Morgan fingerprint density at radius 2 is 1.56 bits per heavy atom. The largest absolute Gasteiger partial charge is 0.264 e. The Morgan fingerprint density at radius 1 is 0.889 bits per heavy atom. The number of hydrogen-bond acceptors (Lipinski definition) is 3. The van der Waals surface area contributed by atoms with Crippen molar-refractivity contribution in [2.75, 3.05) is 11.6 Å². The lowest BCUT2D eigenvalue weighted by atomic mass is 10.3. The summed E-state index contributed by atoms with van der Waals surface area (Å²) in [7, 11) is 0. The zero-order valence-electron chi connectivity index (χ0n) is 9.99. The zero-order chi connectivity index (χ0) is 12.2. The molecule has 90 valence electrons. The van der Waals surface area contributed by atoms with Gasteiger partial charge in [0.2, 0.25) is 0 Å². The van der Waals surface area contributed by atoms with E-state index < -0.39 is 0 Å². The molecule has 0 unspecified atom stereocenters. The number of hydrogen-bond donors (Lipinski definition) is 0. The van der Waals surface area contributed by atoms with Gasteiger partial charge in [0.1, 0.15) is 5.04 Å². The maximum Gasteiger partial charge on any atom is 0.100 e. The first-order valence-corrected chi connectivity index (χ1v) is 6.86. The standard InChI is InChI=1S/C15H14N2S/c1-3-7-13(8-4-1)17-12-11-15(16-17)18-14-9-5-2-6-10-14/h1-10H,11-12H2. The number of thioether (sulfide) groups is 1. The van der Waals surface area contributed by atoms with Gasteiger partial charge >= 0.3 is 0 Å². The summed E-state index contributed by atoms with van der Waals surface area (Å²) in [6.45, 7) is 0.971. The van der Waals surface area contributed by atoms with Crippen molar-refractivity contribution < 1.29 is 0 Å². The topological polar surface area (TPSA) is 15.6 Å². The van der Waals surface area contributed by atoms with Crippen LogP contribution in [0.2, 0.25) is 0 Å². The van der Waals surface area contributed by atoms with E-state index >= 15 is 0 Å². The molecule has 0 N–H and O–H groups in total. The van der Waals surface area contributed by atoms with Crippen LogP contribution in [-0.4, -0.2) is 11.6 Å². The molecule has 2 nitrogen and oxygen atoms in total. The van der Waals surface area contributed by atoms with Crippen molar-refractivity contribution in [1.29, 1.82) is 0 Å². The molecule has 0 spiro atoms. The molecule has 0 saturated heterocycles. The third-order valence-corrected chi connectivity index (χ3v) is 3.83. The first-order valence-electron chi connectivity index (χ1n) is 6.05. The molecule has 0 fully saturated rings. The van der Waals surface area contributed by atoms with Gasteiger partial charge in [0.15, 0.2) is 0 Å². The lowest BCUT2D eigenvalue weighted by Crippen LogP contribution is -2.11. The number of hydrazone groups is 1. The average Bonchev–Trinajstić information content (AvgIpc) is 2.89. The van der Waals surface area contributed by atoms with Gasteiger partial charge in [-0.3, -0.25) is 5.01 Å². The highest BCUT2D eigenvalue weighted by Gasteiger charge is 2.16. The molecule has 1 heterocycles. The third-order valence-electron chi connectivity index (χ3n) is 2.80. The summed E-state index contributed by atoms with van der Waals surface area (Å²) in [5, 5.41) is 7.93. The van der Waals surface area contributed by atoms with E-state index in [1.807, 2.05) is 24.3 Å². The van der Waals surface area contributed by atoms with Gasteiger partial charge in [0.05, 0.1) is 5.69 Å². The smallest absolute Gasteiger partial charge is 0.100 e. The van der Waals surface area contributed by atoms with E-state index in [0.29, 0.717) is 0 Å². The highest BCUT2D eigenvalue weighted by Crippen LogP contribution is 2.27. The molecule has 18 heavy (non-hydrogen) atoms. The quantitative estimate of drug-likeness (QED) is 0.805. The van der Waals surface area contributed by atoms with Crippen LogP contribution in [0.4, 0.5) is 5.69 Å². The SMILES string of the molecule is c1ccc(SC2=NN(c3ccccc3)CC2)cc1. The molecule has 2 aromatic rings. The molecular formula is C15H14N2S. The number of nitrogens with zero attached hydrogens (tertiary/aromatic N) is 2. The minimum Gasteiger partial charge on any atom is -0.264 e. The maximum atomic E-state index is 4.67. The predicted molar refractivity (Wildman–Crippen MR) is 78.1 cm³/mol. The van der Waals surface area contributed by atoms with Crippen LogP contribution in [0.3, 0.4) is 0 Å². The molecule has 0 radical (unpaired) electrons. The minimum absolute atomic E-state index is 0.971. The van der Waals surface area contributed by atoms with Gasteiger partial charge in [-0.1, -0.05) is 48.2 Å². The second-order valence-corrected chi connectivity index (χ2v) is 5.26. The van der Waals surface area contributed by atoms with Crippen LogP contribution in [0.25, 0.3) is 0 Å². The Bertz CT molecular complexity index is 537. The van der Waals surface area contributed by atoms with Gasteiger partial charge in [-0.2, -0.15) is 5.10 Å². The van der Waals surface area contributed by atoms with Crippen molar-refractivity contribution >= 4 is 22.5 Å². The summed E-state index contributed by atoms with van der Waals surface area (Å²) in [6.07, 6.45) is 1.02. The molecule has 0 saturated carbocycles. The van der Waals surface area contributed by atoms with E-state index in [1.165, 1.54) is 15.6 Å². The van der Waals surface area contributed by atoms with Gasteiger partial charge < -0.3 is 0 Å². The fraction of sp³-hybridized carbons (Fsp3) is 0.133. The van der Waals surface area contributed by atoms with Gasteiger partial charge in [-0.05, 0) is 24.3 Å². The molecule has 0 amide bonds. The van der Waals surface area contributed by atoms with E-state index in [-0.39, 0.29) is 0 Å². The lowest BCUT2D eigenvalue weighted by Gasteiger charge is -2.12. The number of rotatable bonds is 2. The first kappa shape index (κ1) is 11.4. The van der Waals surface area contributed by atoms with Gasteiger partial charge in [-0.15, -0.1) is 0 Å². The van der Waals surface area contributed by atoms with Crippen molar-refractivity contribution in [3.05, 3.63) is 60.7 Å². The molecule has 0 bridgehead atoms.